The van der Waals surface area contributed by atoms with Gasteiger partial charge >= 0.3 is 0 Å². The molecule has 2 rings (SSSR count). The molecule has 0 amide bonds. The minimum atomic E-state index is 0.274. The highest BCUT2D eigenvalue weighted by Gasteiger charge is 2.05. The zero-order valence-corrected chi connectivity index (χ0v) is 10.7. The Morgan fingerprint density at radius 1 is 1.16 bits per heavy atom. The summed E-state index contributed by atoms with van der Waals surface area (Å²) in [5.74, 6) is 7.22. The number of rotatable bonds is 6. The number of benzene rings is 1. The standard InChI is InChI=1S/C13H16N4O2/c1-18-8-10-7-12(17-14)16-13(15-10)9-19-11-5-3-2-4-6-11/h2-7H,8-9,14H2,1H3,(H,15,16,17). The van der Waals surface area contributed by atoms with Crippen molar-refractivity contribution in [3.05, 3.63) is 47.9 Å². The fraction of sp³-hybridized carbons (Fsp3) is 0.231. The number of nitrogens with one attached hydrogen (secondary N) is 1. The first-order chi connectivity index (χ1) is 9.31. The number of aromatic nitrogens is 2. The quantitative estimate of drug-likeness (QED) is 0.605. The van der Waals surface area contributed by atoms with Gasteiger partial charge in [-0.3, -0.25) is 0 Å². The van der Waals surface area contributed by atoms with Crippen LogP contribution in [0, 0.1) is 0 Å². The van der Waals surface area contributed by atoms with E-state index in [9.17, 15) is 0 Å². The molecule has 3 N–H and O–H groups in total. The van der Waals surface area contributed by atoms with Crippen molar-refractivity contribution in [1.82, 2.24) is 9.97 Å². The summed E-state index contributed by atoms with van der Waals surface area (Å²) in [6, 6.07) is 11.2. The molecule has 1 aromatic carbocycles. The average molecular weight is 260 g/mol. The number of anilines is 1. The number of para-hydroxylation sites is 1. The number of hydrazine groups is 1. The third-order valence-electron chi connectivity index (χ3n) is 2.38. The number of nitrogen functional groups attached to an aromatic ring is 1. The molecular weight excluding hydrogens is 244 g/mol. The van der Waals surface area contributed by atoms with E-state index < -0.39 is 0 Å². The van der Waals surface area contributed by atoms with Gasteiger partial charge in [-0.15, -0.1) is 0 Å². The first kappa shape index (κ1) is 13.3. The monoisotopic (exact) mass is 260 g/mol. The second-order valence-corrected chi connectivity index (χ2v) is 3.84. The molecule has 2 aromatic rings. The van der Waals surface area contributed by atoms with Crippen LogP contribution in [0.2, 0.25) is 0 Å². The summed E-state index contributed by atoms with van der Waals surface area (Å²) in [6.45, 7) is 0.672. The molecule has 0 aliphatic heterocycles. The highest BCUT2D eigenvalue weighted by Crippen LogP contribution is 2.12. The maximum absolute atomic E-state index is 5.59. The maximum atomic E-state index is 5.59. The maximum Gasteiger partial charge on any atom is 0.168 e. The van der Waals surface area contributed by atoms with Crippen LogP contribution in [0.5, 0.6) is 5.75 Å². The fourth-order valence-corrected chi connectivity index (χ4v) is 1.58. The van der Waals surface area contributed by atoms with E-state index in [1.165, 1.54) is 0 Å². The van der Waals surface area contributed by atoms with Gasteiger partial charge in [-0.2, -0.15) is 0 Å². The third kappa shape index (κ3) is 3.90. The Balaban J connectivity index is 2.08. The van der Waals surface area contributed by atoms with Gasteiger partial charge in [0.1, 0.15) is 18.2 Å². The number of methoxy groups -OCH3 is 1. The van der Waals surface area contributed by atoms with Crippen LogP contribution in [0.15, 0.2) is 36.4 Å². The summed E-state index contributed by atoms with van der Waals surface area (Å²) >= 11 is 0. The summed E-state index contributed by atoms with van der Waals surface area (Å²) in [7, 11) is 1.61. The molecule has 0 aliphatic rings. The Bertz CT molecular complexity index is 519. The minimum Gasteiger partial charge on any atom is -0.486 e. The summed E-state index contributed by atoms with van der Waals surface area (Å²) in [4.78, 5) is 8.55. The molecular formula is C13H16N4O2. The molecule has 0 bridgehead atoms. The molecule has 6 heteroatoms. The molecule has 0 aliphatic carbocycles. The smallest absolute Gasteiger partial charge is 0.168 e. The number of nitrogens with zero attached hydrogens (tertiary/aromatic N) is 2. The lowest BCUT2D eigenvalue weighted by atomic mass is 10.3. The van der Waals surface area contributed by atoms with Crippen LogP contribution >= 0.6 is 0 Å². The Labute approximate surface area is 111 Å². The normalized spacial score (nSPS) is 10.2. The molecule has 0 fully saturated rings. The highest BCUT2D eigenvalue weighted by molar-refractivity contribution is 5.34. The van der Waals surface area contributed by atoms with Crippen LogP contribution in [0.3, 0.4) is 0 Å². The zero-order chi connectivity index (χ0) is 13.5. The van der Waals surface area contributed by atoms with Crippen molar-refractivity contribution in [3.8, 4) is 5.75 Å². The topological polar surface area (TPSA) is 82.3 Å². The lowest BCUT2D eigenvalue weighted by Crippen LogP contribution is -2.13. The minimum absolute atomic E-state index is 0.274. The molecule has 1 aromatic heterocycles. The largest absolute Gasteiger partial charge is 0.486 e. The predicted octanol–water partition coefficient (Wildman–Crippen LogP) is 1.49. The second-order valence-electron chi connectivity index (χ2n) is 3.84. The van der Waals surface area contributed by atoms with Gasteiger partial charge in [-0.1, -0.05) is 18.2 Å². The lowest BCUT2D eigenvalue weighted by molar-refractivity contribution is 0.180. The van der Waals surface area contributed by atoms with Gasteiger partial charge in [0.2, 0.25) is 0 Å². The predicted molar refractivity (Wildman–Crippen MR) is 71.3 cm³/mol. The molecule has 100 valence electrons. The van der Waals surface area contributed by atoms with Crippen molar-refractivity contribution in [1.29, 1.82) is 0 Å². The van der Waals surface area contributed by atoms with Crippen LogP contribution in [-0.4, -0.2) is 17.1 Å². The Morgan fingerprint density at radius 3 is 2.63 bits per heavy atom. The molecule has 6 nitrogen and oxygen atoms in total. The lowest BCUT2D eigenvalue weighted by Gasteiger charge is -2.08. The summed E-state index contributed by atoms with van der Waals surface area (Å²) in [5, 5.41) is 0. The third-order valence-corrected chi connectivity index (χ3v) is 2.38. The van der Waals surface area contributed by atoms with Crippen molar-refractivity contribution in [2.45, 2.75) is 13.2 Å². The molecule has 0 atom stereocenters. The highest BCUT2D eigenvalue weighted by atomic mass is 16.5. The van der Waals surface area contributed by atoms with Gasteiger partial charge in [0.25, 0.3) is 0 Å². The average Bonchev–Trinajstić information content (AvgIpc) is 2.46. The number of hydrogen-bond acceptors (Lipinski definition) is 6. The Hall–Kier alpha value is -2.18. The summed E-state index contributed by atoms with van der Waals surface area (Å²) in [5.41, 5.74) is 3.25. The van der Waals surface area contributed by atoms with E-state index in [-0.39, 0.29) is 6.61 Å². The van der Waals surface area contributed by atoms with E-state index in [2.05, 4.69) is 15.4 Å². The van der Waals surface area contributed by atoms with Crippen LogP contribution in [0.1, 0.15) is 11.5 Å². The van der Waals surface area contributed by atoms with Gasteiger partial charge in [0, 0.05) is 13.2 Å². The van der Waals surface area contributed by atoms with E-state index in [4.69, 9.17) is 15.3 Å². The summed E-state index contributed by atoms with van der Waals surface area (Å²) < 4.78 is 10.6. The molecule has 0 saturated heterocycles. The molecule has 0 saturated carbocycles. The van der Waals surface area contributed by atoms with Crippen molar-refractivity contribution in [2.24, 2.45) is 5.84 Å². The Morgan fingerprint density at radius 2 is 1.95 bits per heavy atom. The molecule has 0 radical (unpaired) electrons. The van der Waals surface area contributed by atoms with Crippen molar-refractivity contribution >= 4 is 5.82 Å². The van der Waals surface area contributed by atoms with E-state index in [0.717, 1.165) is 11.4 Å². The van der Waals surface area contributed by atoms with Crippen LogP contribution < -0.4 is 16.0 Å². The van der Waals surface area contributed by atoms with E-state index in [0.29, 0.717) is 18.2 Å². The molecule has 0 spiro atoms. The SMILES string of the molecule is COCc1cc(NN)nc(COc2ccccc2)n1. The first-order valence-corrected chi connectivity index (χ1v) is 5.82. The van der Waals surface area contributed by atoms with Crippen LogP contribution in [-0.2, 0) is 18.0 Å². The van der Waals surface area contributed by atoms with Gasteiger partial charge in [-0.25, -0.2) is 15.8 Å². The van der Waals surface area contributed by atoms with Gasteiger partial charge in [-0.05, 0) is 12.1 Å². The van der Waals surface area contributed by atoms with Crippen molar-refractivity contribution in [2.75, 3.05) is 12.5 Å². The van der Waals surface area contributed by atoms with Crippen LogP contribution in [0.25, 0.3) is 0 Å². The number of hydrogen-bond donors (Lipinski definition) is 2. The van der Waals surface area contributed by atoms with Crippen LogP contribution in [0.4, 0.5) is 5.82 Å². The van der Waals surface area contributed by atoms with Crippen molar-refractivity contribution < 1.29 is 9.47 Å². The van der Waals surface area contributed by atoms with Gasteiger partial charge in [0.15, 0.2) is 5.82 Å². The molecule has 0 unspecified atom stereocenters. The Kier molecular flexibility index (Phi) is 4.66. The van der Waals surface area contributed by atoms with Gasteiger partial charge < -0.3 is 14.9 Å². The number of nitrogens with two attached hydrogens (primary N) is 1. The second kappa shape index (κ2) is 6.67. The molecule has 1 heterocycles. The van der Waals surface area contributed by atoms with Gasteiger partial charge in [0.05, 0.1) is 12.3 Å². The van der Waals surface area contributed by atoms with E-state index in [1.54, 1.807) is 13.2 Å². The summed E-state index contributed by atoms with van der Waals surface area (Å²) in [6.07, 6.45) is 0. The first-order valence-electron chi connectivity index (χ1n) is 5.82. The van der Waals surface area contributed by atoms with E-state index in [1.807, 2.05) is 30.3 Å². The van der Waals surface area contributed by atoms with E-state index >= 15 is 0 Å². The number of ether oxygens (including phenoxy) is 2. The fourth-order valence-electron chi connectivity index (χ4n) is 1.58. The molecule has 19 heavy (non-hydrogen) atoms. The van der Waals surface area contributed by atoms with Crippen molar-refractivity contribution in [3.63, 3.8) is 0 Å². The zero-order valence-electron chi connectivity index (χ0n) is 10.7.